The van der Waals surface area contributed by atoms with Gasteiger partial charge in [-0.3, -0.25) is 4.79 Å². The lowest BCUT2D eigenvalue weighted by atomic mass is 10.0. The van der Waals surface area contributed by atoms with Crippen molar-refractivity contribution < 1.29 is 9.53 Å². The van der Waals surface area contributed by atoms with E-state index < -0.39 is 5.60 Å². The number of rotatable bonds is 2. The number of carbonyl (C=O) groups excluding carboxylic acids is 1. The molecule has 0 N–H and O–H groups in total. The number of amides is 1. The van der Waals surface area contributed by atoms with Crippen molar-refractivity contribution in [3.63, 3.8) is 0 Å². The normalized spacial score (nSPS) is 16.2. The first-order chi connectivity index (χ1) is 10.4. The van der Waals surface area contributed by atoms with Gasteiger partial charge in [0, 0.05) is 10.0 Å². The van der Waals surface area contributed by atoms with Gasteiger partial charge in [0.05, 0.1) is 12.2 Å². The third kappa shape index (κ3) is 2.79. The number of halogens is 2. The summed E-state index contributed by atoms with van der Waals surface area (Å²) in [5.41, 5.74) is 0.765. The van der Waals surface area contributed by atoms with Crippen LogP contribution in [0.3, 0.4) is 0 Å². The lowest BCUT2D eigenvalue weighted by Gasteiger charge is -2.39. The maximum absolute atomic E-state index is 12.7. The van der Waals surface area contributed by atoms with E-state index in [4.69, 9.17) is 27.9 Å². The second-order valence-electron chi connectivity index (χ2n) is 5.74. The number of hydrogen-bond donors (Lipinski definition) is 0. The van der Waals surface area contributed by atoms with Crippen LogP contribution >= 0.6 is 23.2 Å². The molecule has 0 spiro atoms. The molecule has 0 aromatic heterocycles. The standard InChI is InChI=1S/C17H15Cl2NO2/c1-17(2)16(21)20(10-11-3-5-12(18)6-4-11)14-9-13(19)7-8-15(14)22-17/h3-9H,10H2,1-2H3. The maximum Gasteiger partial charge on any atom is 0.271 e. The van der Waals surface area contributed by atoms with Crippen LogP contribution in [-0.4, -0.2) is 11.5 Å². The van der Waals surface area contributed by atoms with Crippen molar-refractivity contribution in [1.82, 2.24) is 0 Å². The van der Waals surface area contributed by atoms with E-state index >= 15 is 0 Å². The molecule has 1 heterocycles. The highest BCUT2D eigenvalue weighted by Crippen LogP contribution is 2.40. The Balaban J connectivity index is 2.02. The molecule has 0 atom stereocenters. The highest BCUT2D eigenvalue weighted by molar-refractivity contribution is 6.31. The maximum atomic E-state index is 12.7. The Morgan fingerprint density at radius 3 is 2.36 bits per heavy atom. The van der Waals surface area contributed by atoms with Gasteiger partial charge in [-0.25, -0.2) is 0 Å². The predicted molar refractivity (Wildman–Crippen MR) is 88.8 cm³/mol. The zero-order valence-corrected chi connectivity index (χ0v) is 13.8. The van der Waals surface area contributed by atoms with Crippen LogP contribution in [0, 0.1) is 0 Å². The van der Waals surface area contributed by atoms with Gasteiger partial charge in [0.15, 0.2) is 5.60 Å². The Kier molecular flexibility index (Phi) is 3.79. The molecule has 0 aliphatic carbocycles. The largest absolute Gasteiger partial charge is 0.476 e. The minimum absolute atomic E-state index is 0.0998. The summed E-state index contributed by atoms with van der Waals surface area (Å²) in [5, 5.41) is 1.23. The third-order valence-corrected chi connectivity index (χ3v) is 4.08. The van der Waals surface area contributed by atoms with E-state index in [0.29, 0.717) is 28.0 Å². The molecular weight excluding hydrogens is 321 g/mol. The molecule has 0 fully saturated rings. The van der Waals surface area contributed by atoms with E-state index in [1.807, 2.05) is 24.3 Å². The average Bonchev–Trinajstić information content (AvgIpc) is 2.47. The molecule has 114 valence electrons. The molecule has 5 heteroatoms. The lowest BCUT2D eigenvalue weighted by molar-refractivity contribution is -0.132. The molecule has 0 saturated heterocycles. The highest BCUT2D eigenvalue weighted by atomic mass is 35.5. The van der Waals surface area contributed by atoms with Gasteiger partial charge in [-0.1, -0.05) is 35.3 Å². The second kappa shape index (κ2) is 5.49. The molecular formula is C17H15Cl2NO2. The Hall–Kier alpha value is -1.71. The monoisotopic (exact) mass is 335 g/mol. The fourth-order valence-electron chi connectivity index (χ4n) is 2.47. The predicted octanol–water partition coefficient (Wildman–Crippen LogP) is 4.70. The molecule has 0 saturated carbocycles. The van der Waals surface area contributed by atoms with Gasteiger partial charge in [-0.15, -0.1) is 0 Å². The first kappa shape index (κ1) is 15.2. The summed E-state index contributed by atoms with van der Waals surface area (Å²) in [4.78, 5) is 14.4. The fraction of sp³-hybridized carbons (Fsp3) is 0.235. The van der Waals surface area contributed by atoms with Crippen molar-refractivity contribution >= 4 is 34.8 Å². The van der Waals surface area contributed by atoms with Gasteiger partial charge < -0.3 is 9.64 Å². The van der Waals surface area contributed by atoms with Crippen LogP contribution in [0.2, 0.25) is 10.0 Å². The Labute approximate surface area is 139 Å². The van der Waals surface area contributed by atoms with Crippen molar-refractivity contribution in [1.29, 1.82) is 0 Å². The highest BCUT2D eigenvalue weighted by Gasteiger charge is 2.40. The SMILES string of the molecule is CC1(C)Oc2ccc(Cl)cc2N(Cc2ccc(Cl)cc2)C1=O. The van der Waals surface area contributed by atoms with Gasteiger partial charge in [0.25, 0.3) is 5.91 Å². The van der Waals surface area contributed by atoms with Gasteiger partial charge in [0.1, 0.15) is 5.75 Å². The molecule has 0 bridgehead atoms. The lowest BCUT2D eigenvalue weighted by Crippen LogP contribution is -2.52. The summed E-state index contributed by atoms with van der Waals surface area (Å²) in [6.07, 6.45) is 0. The van der Waals surface area contributed by atoms with Crippen LogP contribution in [0.25, 0.3) is 0 Å². The van der Waals surface area contributed by atoms with Crippen LogP contribution in [0.1, 0.15) is 19.4 Å². The number of benzene rings is 2. The van der Waals surface area contributed by atoms with Crippen molar-refractivity contribution in [3.8, 4) is 5.75 Å². The number of fused-ring (bicyclic) bond motifs is 1. The number of nitrogens with zero attached hydrogens (tertiary/aromatic N) is 1. The van der Waals surface area contributed by atoms with Gasteiger partial charge >= 0.3 is 0 Å². The van der Waals surface area contributed by atoms with Gasteiger partial charge in [-0.2, -0.15) is 0 Å². The van der Waals surface area contributed by atoms with E-state index in [9.17, 15) is 4.79 Å². The van der Waals surface area contributed by atoms with Gasteiger partial charge in [0.2, 0.25) is 0 Å². The summed E-state index contributed by atoms with van der Waals surface area (Å²) in [6, 6.07) is 12.7. The molecule has 22 heavy (non-hydrogen) atoms. The smallest absolute Gasteiger partial charge is 0.271 e. The second-order valence-corrected chi connectivity index (χ2v) is 6.62. The first-order valence-corrected chi connectivity index (χ1v) is 7.67. The molecule has 1 aliphatic heterocycles. The summed E-state index contributed by atoms with van der Waals surface area (Å²) in [7, 11) is 0. The molecule has 1 aliphatic rings. The quantitative estimate of drug-likeness (QED) is 0.796. The minimum Gasteiger partial charge on any atom is -0.476 e. The molecule has 1 amide bonds. The van der Waals surface area contributed by atoms with Crippen molar-refractivity contribution in [2.24, 2.45) is 0 Å². The van der Waals surface area contributed by atoms with Crippen LogP contribution in [0.5, 0.6) is 5.75 Å². The first-order valence-electron chi connectivity index (χ1n) is 6.92. The van der Waals surface area contributed by atoms with E-state index in [1.54, 1.807) is 36.9 Å². The third-order valence-electron chi connectivity index (χ3n) is 3.59. The Morgan fingerprint density at radius 2 is 1.68 bits per heavy atom. The number of ether oxygens (including phenoxy) is 1. The Morgan fingerprint density at radius 1 is 1.05 bits per heavy atom. The van der Waals surface area contributed by atoms with Crippen LogP contribution in [0.15, 0.2) is 42.5 Å². The molecule has 2 aromatic rings. The molecule has 3 nitrogen and oxygen atoms in total. The van der Waals surface area contributed by atoms with E-state index in [1.165, 1.54) is 0 Å². The van der Waals surface area contributed by atoms with E-state index in [2.05, 4.69) is 0 Å². The minimum atomic E-state index is -0.909. The zero-order valence-electron chi connectivity index (χ0n) is 12.3. The van der Waals surface area contributed by atoms with E-state index in [0.717, 1.165) is 5.56 Å². The van der Waals surface area contributed by atoms with E-state index in [-0.39, 0.29) is 5.91 Å². The van der Waals surface area contributed by atoms with Gasteiger partial charge in [-0.05, 0) is 49.7 Å². The molecule has 2 aromatic carbocycles. The fourth-order valence-corrected chi connectivity index (χ4v) is 2.76. The summed E-state index contributed by atoms with van der Waals surface area (Å²) in [6.45, 7) is 3.97. The average molecular weight is 336 g/mol. The topological polar surface area (TPSA) is 29.5 Å². The number of hydrogen-bond acceptors (Lipinski definition) is 2. The summed E-state index contributed by atoms with van der Waals surface area (Å²) >= 11 is 12.0. The number of anilines is 1. The van der Waals surface area contributed by atoms with Crippen molar-refractivity contribution in [2.45, 2.75) is 26.0 Å². The zero-order chi connectivity index (χ0) is 15.9. The molecule has 0 unspecified atom stereocenters. The molecule has 0 radical (unpaired) electrons. The van der Waals surface area contributed by atoms with Crippen LogP contribution in [0.4, 0.5) is 5.69 Å². The van der Waals surface area contributed by atoms with Crippen molar-refractivity contribution in [3.05, 3.63) is 58.1 Å². The number of carbonyl (C=O) groups is 1. The van der Waals surface area contributed by atoms with Crippen LogP contribution in [-0.2, 0) is 11.3 Å². The van der Waals surface area contributed by atoms with Crippen LogP contribution < -0.4 is 9.64 Å². The summed E-state index contributed by atoms with van der Waals surface area (Å²) in [5.74, 6) is 0.556. The summed E-state index contributed by atoms with van der Waals surface area (Å²) < 4.78 is 5.80. The van der Waals surface area contributed by atoms with Crippen molar-refractivity contribution in [2.75, 3.05) is 4.90 Å². The Bertz CT molecular complexity index is 726. The molecule has 3 rings (SSSR count).